The minimum Gasteiger partial charge on any atom is -0.309 e. The van der Waals surface area contributed by atoms with Gasteiger partial charge in [-0.15, -0.1) is 11.3 Å². The van der Waals surface area contributed by atoms with Gasteiger partial charge in [0.05, 0.1) is 3.79 Å². The molecular weight excluding hydrogens is 258 g/mol. The average molecular weight is 274 g/mol. The van der Waals surface area contributed by atoms with E-state index in [0.717, 1.165) is 18.5 Å². The molecule has 1 saturated carbocycles. The van der Waals surface area contributed by atoms with Crippen LogP contribution in [-0.2, 0) is 6.54 Å². The molecule has 0 radical (unpaired) electrons. The van der Waals surface area contributed by atoms with Gasteiger partial charge in [-0.1, -0.05) is 6.92 Å². The molecule has 0 amide bonds. The van der Waals surface area contributed by atoms with Crippen molar-refractivity contribution < 1.29 is 0 Å². The Hall–Kier alpha value is 0.140. The summed E-state index contributed by atoms with van der Waals surface area (Å²) in [6.45, 7) is 3.31. The van der Waals surface area contributed by atoms with Crippen molar-refractivity contribution in [1.82, 2.24) is 5.32 Å². The van der Waals surface area contributed by atoms with Crippen molar-refractivity contribution in [2.75, 3.05) is 0 Å². The SMILES string of the molecule is CCC(NCc1ccc(Br)s1)C1CC1. The van der Waals surface area contributed by atoms with Crippen molar-refractivity contribution in [2.24, 2.45) is 5.92 Å². The summed E-state index contributed by atoms with van der Waals surface area (Å²) in [6, 6.07) is 5.07. The van der Waals surface area contributed by atoms with Crippen molar-refractivity contribution in [1.29, 1.82) is 0 Å². The van der Waals surface area contributed by atoms with Crippen LogP contribution in [0.15, 0.2) is 15.9 Å². The van der Waals surface area contributed by atoms with Crippen LogP contribution < -0.4 is 5.32 Å². The first-order valence-corrected chi connectivity index (χ1v) is 6.88. The molecule has 0 saturated heterocycles. The smallest absolute Gasteiger partial charge is 0.0701 e. The zero-order chi connectivity index (χ0) is 9.97. The summed E-state index contributed by atoms with van der Waals surface area (Å²) in [5.41, 5.74) is 0. The fourth-order valence-electron chi connectivity index (χ4n) is 1.82. The molecule has 1 aromatic heterocycles. The van der Waals surface area contributed by atoms with Gasteiger partial charge in [0.2, 0.25) is 0 Å². The highest BCUT2D eigenvalue weighted by Gasteiger charge is 2.29. The average Bonchev–Trinajstić information content (AvgIpc) is 2.92. The van der Waals surface area contributed by atoms with E-state index in [1.54, 1.807) is 0 Å². The first kappa shape index (κ1) is 10.7. The molecule has 3 heteroatoms. The number of rotatable bonds is 5. The van der Waals surface area contributed by atoms with E-state index < -0.39 is 0 Å². The number of thiophene rings is 1. The molecule has 0 aliphatic heterocycles. The maximum absolute atomic E-state index is 3.65. The molecular formula is C11H16BrNS. The van der Waals surface area contributed by atoms with Gasteiger partial charge in [0, 0.05) is 17.5 Å². The number of hydrogen-bond donors (Lipinski definition) is 1. The second-order valence-electron chi connectivity index (χ2n) is 3.94. The van der Waals surface area contributed by atoms with E-state index in [-0.39, 0.29) is 0 Å². The third-order valence-corrected chi connectivity index (χ3v) is 4.42. The van der Waals surface area contributed by atoms with E-state index in [2.05, 4.69) is 40.3 Å². The second-order valence-corrected chi connectivity index (χ2v) is 6.49. The molecule has 1 aromatic rings. The van der Waals surface area contributed by atoms with Gasteiger partial charge >= 0.3 is 0 Å². The maximum atomic E-state index is 3.65. The topological polar surface area (TPSA) is 12.0 Å². The fraction of sp³-hybridized carbons (Fsp3) is 0.636. The molecule has 2 rings (SSSR count). The van der Waals surface area contributed by atoms with Crippen LogP contribution >= 0.6 is 27.3 Å². The number of nitrogens with one attached hydrogen (secondary N) is 1. The van der Waals surface area contributed by atoms with Gasteiger partial charge < -0.3 is 5.32 Å². The van der Waals surface area contributed by atoms with Gasteiger partial charge in [0.25, 0.3) is 0 Å². The Morgan fingerprint density at radius 3 is 2.86 bits per heavy atom. The van der Waals surface area contributed by atoms with Gasteiger partial charge in [-0.25, -0.2) is 0 Å². The van der Waals surface area contributed by atoms with E-state index in [1.165, 1.54) is 27.9 Å². The summed E-state index contributed by atoms with van der Waals surface area (Å²) in [4.78, 5) is 1.43. The van der Waals surface area contributed by atoms with Crippen LogP contribution in [0.1, 0.15) is 31.1 Å². The summed E-state index contributed by atoms with van der Waals surface area (Å²) >= 11 is 5.31. The maximum Gasteiger partial charge on any atom is 0.0701 e. The largest absolute Gasteiger partial charge is 0.309 e. The molecule has 1 atom stereocenters. The minimum atomic E-state index is 0.746. The predicted octanol–water partition coefficient (Wildman–Crippen LogP) is 3.79. The first-order valence-electron chi connectivity index (χ1n) is 5.27. The molecule has 0 aromatic carbocycles. The van der Waals surface area contributed by atoms with Gasteiger partial charge in [-0.3, -0.25) is 0 Å². The van der Waals surface area contributed by atoms with Gasteiger partial charge in [-0.2, -0.15) is 0 Å². The van der Waals surface area contributed by atoms with Crippen LogP contribution in [0.25, 0.3) is 0 Å². The lowest BCUT2D eigenvalue weighted by Gasteiger charge is -2.15. The lowest BCUT2D eigenvalue weighted by atomic mass is 10.1. The van der Waals surface area contributed by atoms with Crippen molar-refractivity contribution >= 4 is 27.3 Å². The van der Waals surface area contributed by atoms with E-state index >= 15 is 0 Å². The normalized spacial score (nSPS) is 18.4. The van der Waals surface area contributed by atoms with Crippen LogP contribution in [0.2, 0.25) is 0 Å². The standard InChI is InChI=1S/C11H16BrNS/c1-2-10(8-3-4-8)13-7-9-5-6-11(12)14-9/h5-6,8,10,13H,2-4,7H2,1H3. The molecule has 78 valence electrons. The van der Waals surface area contributed by atoms with Crippen molar-refractivity contribution in [3.8, 4) is 0 Å². The summed E-state index contributed by atoms with van der Waals surface area (Å²) in [6.07, 6.45) is 4.12. The fourth-order valence-corrected chi connectivity index (χ4v) is 3.26. The zero-order valence-electron chi connectivity index (χ0n) is 8.42. The Morgan fingerprint density at radius 2 is 2.36 bits per heavy atom. The highest BCUT2D eigenvalue weighted by Crippen LogP contribution is 2.34. The van der Waals surface area contributed by atoms with E-state index in [0.29, 0.717) is 0 Å². The first-order chi connectivity index (χ1) is 6.79. The third kappa shape index (κ3) is 2.81. The van der Waals surface area contributed by atoms with Gasteiger partial charge in [-0.05, 0) is 53.2 Å². The summed E-state index contributed by atoms with van der Waals surface area (Å²) in [7, 11) is 0. The van der Waals surface area contributed by atoms with Gasteiger partial charge in [0.1, 0.15) is 0 Å². The number of halogens is 1. The molecule has 1 nitrogen and oxygen atoms in total. The predicted molar refractivity (Wildman–Crippen MR) is 65.7 cm³/mol. The van der Waals surface area contributed by atoms with E-state index in [9.17, 15) is 0 Å². The van der Waals surface area contributed by atoms with Crippen LogP contribution in [-0.4, -0.2) is 6.04 Å². The molecule has 1 aliphatic carbocycles. The molecule has 1 heterocycles. The Bertz CT molecular complexity index is 293. The van der Waals surface area contributed by atoms with Crippen molar-refractivity contribution in [2.45, 2.75) is 38.8 Å². The zero-order valence-corrected chi connectivity index (χ0v) is 10.8. The van der Waals surface area contributed by atoms with Crippen LogP contribution in [0.5, 0.6) is 0 Å². The molecule has 14 heavy (non-hydrogen) atoms. The lowest BCUT2D eigenvalue weighted by Crippen LogP contribution is -2.29. The van der Waals surface area contributed by atoms with Crippen LogP contribution in [0.3, 0.4) is 0 Å². The molecule has 1 N–H and O–H groups in total. The highest BCUT2D eigenvalue weighted by atomic mass is 79.9. The summed E-state index contributed by atoms with van der Waals surface area (Å²) in [5, 5.41) is 3.65. The van der Waals surface area contributed by atoms with E-state index in [1.807, 2.05) is 11.3 Å². The second kappa shape index (κ2) is 4.77. The molecule has 0 spiro atoms. The van der Waals surface area contributed by atoms with Gasteiger partial charge in [0.15, 0.2) is 0 Å². The Balaban J connectivity index is 1.80. The highest BCUT2D eigenvalue weighted by molar-refractivity contribution is 9.11. The number of hydrogen-bond acceptors (Lipinski definition) is 2. The Morgan fingerprint density at radius 1 is 1.57 bits per heavy atom. The lowest BCUT2D eigenvalue weighted by molar-refractivity contribution is 0.451. The third-order valence-electron chi connectivity index (χ3n) is 2.80. The van der Waals surface area contributed by atoms with Crippen LogP contribution in [0.4, 0.5) is 0 Å². The molecule has 1 aliphatic rings. The van der Waals surface area contributed by atoms with Crippen molar-refractivity contribution in [3.05, 3.63) is 20.8 Å². The Kier molecular flexibility index (Phi) is 3.63. The quantitative estimate of drug-likeness (QED) is 0.861. The summed E-state index contributed by atoms with van der Waals surface area (Å²) in [5.74, 6) is 0.961. The molecule has 1 fully saturated rings. The molecule has 1 unspecified atom stereocenters. The van der Waals surface area contributed by atoms with Crippen LogP contribution in [0, 0.1) is 5.92 Å². The summed E-state index contributed by atoms with van der Waals surface area (Å²) < 4.78 is 1.23. The van der Waals surface area contributed by atoms with E-state index in [4.69, 9.17) is 0 Å². The molecule has 0 bridgehead atoms. The van der Waals surface area contributed by atoms with Crippen molar-refractivity contribution in [3.63, 3.8) is 0 Å². The monoisotopic (exact) mass is 273 g/mol. The Labute approximate surface area is 98.0 Å². The minimum absolute atomic E-state index is 0.746.